The molecule has 5 nitrogen and oxygen atoms in total. The Morgan fingerprint density at radius 3 is 2.94 bits per heavy atom. The Labute approximate surface area is 105 Å². The normalized spacial score (nSPS) is 14.4. The Morgan fingerprint density at radius 2 is 2.33 bits per heavy atom. The van der Waals surface area contributed by atoms with Crippen molar-refractivity contribution >= 4 is 11.6 Å². The van der Waals surface area contributed by atoms with E-state index in [9.17, 15) is 9.90 Å². The number of pyridine rings is 1. The topological polar surface area (TPSA) is 66.6 Å². The summed E-state index contributed by atoms with van der Waals surface area (Å²) in [6.07, 6.45) is 4.17. The van der Waals surface area contributed by atoms with Crippen molar-refractivity contribution in [2.24, 2.45) is 0 Å². The van der Waals surface area contributed by atoms with Crippen LogP contribution in [0.1, 0.15) is 30.8 Å². The van der Waals surface area contributed by atoms with Crippen LogP contribution in [0.15, 0.2) is 30.6 Å². The van der Waals surface area contributed by atoms with Crippen LogP contribution >= 0.6 is 0 Å². The molecule has 2 N–H and O–H groups in total. The molecule has 1 amide bonds. The molecule has 0 radical (unpaired) electrons. The molecule has 0 bridgehead atoms. The van der Waals surface area contributed by atoms with Gasteiger partial charge >= 0.3 is 0 Å². The number of aliphatic hydroxyl groups is 1. The highest BCUT2D eigenvalue weighted by Gasteiger charge is 2.24. The zero-order valence-electron chi connectivity index (χ0n) is 10.6. The Morgan fingerprint density at radius 1 is 1.56 bits per heavy atom. The lowest BCUT2D eigenvalue weighted by Crippen LogP contribution is -2.48. The highest BCUT2D eigenvalue weighted by atomic mass is 16.3. The number of imidazole rings is 1. The van der Waals surface area contributed by atoms with Gasteiger partial charge in [-0.1, -0.05) is 13.0 Å². The first-order chi connectivity index (χ1) is 8.58. The monoisotopic (exact) mass is 247 g/mol. The number of hydrogen-bond acceptors (Lipinski definition) is 3. The molecule has 0 saturated heterocycles. The first kappa shape index (κ1) is 12.6. The van der Waals surface area contributed by atoms with Crippen molar-refractivity contribution in [3.05, 3.63) is 36.3 Å². The lowest BCUT2D eigenvalue weighted by molar-refractivity contribution is 0.0843. The largest absolute Gasteiger partial charge is 0.394 e. The van der Waals surface area contributed by atoms with E-state index in [0.717, 1.165) is 5.65 Å². The van der Waals surface area contributed by atoms with Crippen molar-refractivity contribution in [1.82, 2.24) is 14.7 Å². The standard InChI is InChI=1S/C13H17N3O2/c1-3-13(2,9-17)15-12(18)10-8-16-7-5-4-6-11(16)14-10/h4-8,17H,3,9H2,1-2H3,(H,15,18). The molecule has 0 aliphatic carbocycles. The third-order valence-corrected chi connectivity index (χ3v) is 3.14. The van der Waals surface area contributed by atoms with Gasteiger partial charge in [0.05, 0.1) is 12.1 Å². The number of nitrogens with zero attached hydrogens (tertiary/aromatic N) is 2. The van der Waals surface area contributed by atoms with Gasteiger partial charge in [0.2, 0.25) is 0 Å². The van der Waals surface area contributed by atoms with E-state index in [4.69, 9.17) is 0 Å². The van der Waals surface area contributed by atoms with E-state index in [1.807, 2.05) is 31.3 Å². The summed E-state index contributed by atoms with van der Waals surface area (Å²) in [5.41, 5.74) is 0.478. The molecule has 2 aromatic rings. The molecule has 0 aliphatic heterocycles. The molecule has 0 spiro atoms. The van der Waals surface area contributed by atoms with Crippen LogP contribution in [0.3, 0.4) is 0 Å². The Kier molecular flexibility index (Phi) is 3.34. The van der Waals surface area contributed by atoms with Gasteiger partial charge in [-0.2, -0.15) is 0 Å². The number of carbonyl (C=O) groups is 1. The van der Waals surface area contributed by atoms with Gasteiger partial charge in [-0.3, -0.25) is 4.79 Å². The SMILES string of the molecule is CCC(C)(CO)NC(=O)c1cn2ccccc2n1. The van der Waals surface area contributed by atoms with Crippen LogP contribution in [0, 0.1) is 0 Å². The summed E-state index contributed by atoms with van der Waals surface area (Å²) >= 11 is 0. The first-order valence-corrected chi connectivity index (χ1v) is 5.95. The van der Waals surface area contributed by atoms with Crippen LogP contribution in [0.25, 0.3) is 5.65 Å². The molecule has 2 heterocycles. The van der Waals surface area contributed by atoms with Gasteiger partial charge in [0.15, 0.2) is 0 Å². The van der Waals surface area contributed by atoms with E-state index in [1.54, 1.807) is 17.5 Å². The molecule has 1 atom stereocenters. The summed E-state index contributed by atoms with van der Waals surface area (Å²) in [4.78, 5) is 16.3. The van der Waals surface area contributed by atoms with E-state index < -0.39 is 5.54 Å². The Hall–Kier alpha value is -1.88. The summed E-state index contributed by atoms with van der Waals surface area (Å²) in [5, 5.41) is 12.1. The number of amides is 1. The van der Waals surface area contributed by atoms with E-state index in [2.05, 4.69) is 10.3 Å². The fourth-order valence-electron chi connectivity index (χ4n) is 1.62. The Balaban J connectivity index is 2.23. The maximum Gasteiger partial charge on any atom is 0.272 e. The molecule has 96 valence electrons. The summed E-state index contributed by atoms with van der Waals surface area (Å²) < 4.78 is 1.79. The van der Waals surface area contributed by atoms with Gasteiger partial charge in [0, 0.05) is 12.4 Å². The van der Waals surface area contributed by atoms with E-state index in [0.29, 0.717) is 12.1 Å². The molecule has 1 unspecified atom stereocenters. The Bertz CT molecular complexity index is 525. The zero-order chi connectivity index (χ0) is 13.2. The van der Waals surface area contributed by atoms with Gasteiger partial charge < -0.3 is 14.8 Å². The van der Waals surface area contributed by atoms with E-state index in [1.165, 1.54) is 0 Å². The molecular weight excluding hydrogens is 230 g/mol. The molecule has 0 aromatic carbocycles. The number of carbonyl (C=O) groups excluding carboxylic acids is 1. The van der Waals surface area contributed by atoms with Gasteiger partial charge in [0.25, 0.3) is 5.91 Å². The number of fused-ring (bicyclic) bond motifs is 1. The first-order valence-electron chi connectivity index (χ1n) is 5.95. The fraction of sp³-hybridized carbons (Fsp3) is 0.385. The minimum atomic E-state index is -0.604. The van der Waals surface area contributed by atoms with Gasteiger partial charge in [-0.05, 0) is 25.5 Å². The second-order valence-electron chi connectivity index (χ2n) is 4.62. The maximum atomic E-state index is 12.0. The van der Waals surface area contributed by atoms with Crippen molar-refractivity contribution in [3.8, 4) is 0 Å². The third-order valence-electron chi connectivity index (χ3n) is 3.14. The summed E-state index contributed by atoms with van der Waals surface area (Å²) in [6, 6.07) is 5.58. The molecule has 0 saturated carbocycles. The number of nitrogens with one attached hydrogen (secondary N) is 1. The maximum absolute atomic E-state index is 12.0. The van der Waals surface area contributed by atoms with Gasteiger partial charge in [-0.15, -0.1) is 0 Å². The molecule has 18 heavy (non-hydrogen) atoms. The van der Waals surface area contributed by atoms with Crippen molar-refractivity contribution in [1.29, 1.82) is 0 Å². The average Bonchev–Trinajstić information content (AvgIpc) is 2.82. The summed E-state index contributed by atoms with van der Waals surface area (Å²) in [5.74, 6) is -0.267. The predicted octanol–water partition coefficient (Wildman–Crippen LogP) is 1.23. The van der Waals surface area contributed by atoms with Crippen molar-refractivity contribution in [2.75, 3.05) is 6.61 Å². The van der Waals surface area contributed by atoms with Crippen molar-refractivity contribution in [3.63, 3.8) is 0 Å². The second-order valence-corrected chi connectivity index (χ2v) is 4.62. The van der Waals surface area contributed by atoms with Crippen molar-refractivity contribution in [2.45, 2.75) is 25.8 Å². The van der Waals surface area contributed by atoms with Crippen LogP contribution in [0.4, 0.5) is 0 Å². The van der Waals surface area contributed by atoms with Crippen LogP contribution < -0.4 is 5.32 Å². The molecule has 2 rings (SSSR count). The van der Waals surface area contributed by atoms with Crippen molar-refractivity contribution < 1.29 is 9.90 Å². The van der Waals surface area contributed by atoms with Crippen LogP contribution in [-0.2, 0) is 0 Å². The minimum absolute atomic E-state index is 0.0946. The quantitative estimate of drug-likeness (QED) is 0.853. The lowest BCUT2D eigenvalue weighted by Gasteiger charge is -2.26. The summed E-state index contributed by atoms with van der Waals surface area (Å²) in [6.45, 7) is 3.63. The predicted molar refractivity (Wildman–Crippen MR) is 68.4 cm³/mol. The zero-order valence-corrected chi connectivity index (χ0v) is 10.6. The smallest absolute Gasteiger partial charge is 0.272 e. The van der Waals surface area contributed by atoms with E-state index in [-0.39, 0.29) is 12.5 Å². The summed E-state index contributed by atoms with van der Waals surface area (Å²) in [7, 11) is 0. The minimum Gasteiger partial charge on any atom is -0.394 e. The highest BCUT2D eigenvalue weighted by Crippen LogP contribution is 2.10. The van der Waals surface area contributed by atoms with Crippen LogP contribution in [0.2, 0.25) is 0 Å². The number of hydrogen-bond donors (Lipinski definition) is 2. The number of rotatable bonds is 4. The third kappa shape index (κ3) is 2.36. The number of aromatic nitrogens is 2. The lowest BCUT2D eigenvalue weighted by atomic mass is 10.0. The fourth-order valence-corrected chi connectivity index (χ4v) is 1.62. The highest BCUT2D eigenvalue weighted by molar-refractivity contribution is 5.93. The van der Waals surface area contributed by atoms with Gasteiger partial charge in [0.1, 0.15) is 11.3 Å². The number of aliphatic hydroxyl groups excluding tert-OH is 1. The van der Waals surface area contributed by atoms with Gasteiger partial charge in [-0.25, -0.2) is 4.98 Å². The van der Waals surface area contributed by atoms with E-state index >= 15 is 0 Å². The molecule has 0 fully saturated rings. The molecule has 0 aliphatic rings. The average molecular weight is 247 g/mol. The molecule has 5 heteroatoms. The van der Waals surface area contributed by atoms with Crippen LogP contribution in [0.5, 0.6) is 0 Å². The molecule has 2 aromatic heterocycles. The van der Waals surface area contributed by atoms with Crippen LogP contribution in [-0.4, -0.2) is 32.5 Å². The molecular formula is C13H17N3O2. The second kappa shape index (κ2) is 4.78.